The van der Waals surface area contributed by atoms with E-state index in [1.54, 1.807) is 0 Å². The first-order valence-electron chi connectivity index (χ1n) is 8.45. The first kappa shape index (κ1) is 14.8. The van der Waals surface area contributed by atoms with E-state index in [1.165, 1.54) is 64.2 Å². The van der Waals surface area contributed by atoms with Gasteiger partial charge >= 0.3 is 0 Å². The molecule has 0 aromatic rings. The highest BCUT2D eigenvalue weighted by Gasteiger charge is 2.27. The Bertz CT molecular complexity index is 268. The summed E-state index contributed by atoms with van der Waals surface area (Å²) in [5, 5.41) is 5.65. The standard InChI is InChI=1S/C16H30N2O/c1-2-15(17-13-9-5-3-6-10-13)16(19)18-14-11-7-4-8-12-14/h13-15,17H,2-12H2,1H3,(H,18,19)/p+1/t15-/m1/s1. The van der Waals surface area contributed by atoms with Gasteiger partial charge < -0.3 is 10.6 Å². The van der Waals surface area contributed by atoms with Gasteiger partial charge in [-0.2, -0.15) is 0 Å². The normalized spacial score (nSPS) is 24.1. The lowest BCUT2D eigenvalue weighted by Crippen LogP contribution is -2.97. The molecule has 0 heterocycles. The minimum absolute atomic E-state index is 0.144. The van der Waals surface area contributed by atoms with E-state index in [1.807, 2.05) is 0 Å². The van der Waals surface area contributed by atoms with Crippen molar-refractivity contribution in [2.45, 2.75) is 95.7 Å². The summed E-state index contributed by atoms with van der Waals surface area (Å²) < 4.78 is 0. The van der Waals surface area contributed by atoms with Crippen LogP contribution in [0.4, 0.5) is 0 Å². The number of rotatable bonds is 5. The van der Waals surface area contributed by atoms with Crippen LogP contribution in [0.1, 0.15) is 77.6 Å². The Kier molecular flexibility index (Phi) is 6.15. The maximum Gasteiger partial charge on any atom is 0.278 e. The highest BCUT2D eigenvalue weighted by atomic mass is 16.2. The maximum atomic E-state index is 12.4. The van der Waals surface area contributed by atoms with Gasteiger partial charge in [0.05, 0.1) is 6.04 Å². The predicted octanol–water partition coefficient (Wildman–Crippen LogP) is 2.11. The van der Waals surface area contributed by atoms with E-state index in [0.717, 1.165) is 6.42 Å². The summed E-state index contributed by atoms with van der Waals surface area (Å²) in [7, 11) is 0. The van der Waals surface area contributed by atoms with Crippen molar-refractivity contribution in [2.24, 2.45) is 0 Å². The Morgan fingerprint density at radius 2 is 1.63 bits per heavy atom. The molecule has 19 heavy (non-hydrogen) atoms. The van der Waals surface area contributed by atoms with Crippen LogP contribution in [0.15, 0.2) is 0 Å². The topological polar surface area (TPSA) is 45.7 Å². The number of carbonyl (C=O) groups excluding carboxylic acids is 1. The van der Waals surface area contributed by atoms with Crippen molar-refractivity contribution in [1.29, 1.82) is 0 Å². The lowest BCUT2D eigenvalue weighted by atomic mass is 9.93. The highest BCUT2D eigenvalue weighted by Crippen LogP contribution is 2.18. The zero-order valence-electron chi connectivity index (χ0n) is 12.5. The summed E-state index contributed by atoms with van der Waals surface area (Å²) in [6, 6.07) is 1.29. The number of nitrogens with two attached hydrogens (primary N) is 1. The van der Waals surface area contributed by atoms with E-state index in [4.69, 9.17) is 0 Å². The summed E-state index contributed by atoms with van der Waals surface area (Å²) >= 11 is 0. The molecule has 0 spiro atoms. The summed E-state index contributed by atoms with van der Waals surface area (Å²) in [6.45, 7) is 2.14. The summed E-state index contributed by atoms with van der Waals surface area (Å²) in [4.78, 5) is 12.4. The molecule has 2 aliphatic rings. The van der Waals surface area contributed by atoms with Gasteiger partial charge in [-0.3, -0.25) is 4.79 Å². The number of nitrogens with one attached hydrogen (secondary N) is 1. The molecule has 2 fully saturated rings. The first-order valence-corrected chi connectivity index (χ1v) is 8.45. The molecule has 1 amide bonds. The van der Waals surface area contributed by atoms with Crippen molar-refractivity contribution in [3.05, 3.63) is 0 Å². The molecule has 0 unspecified atom stereocenters. The minimum atomic E-state index is 0.144. The van der Waals surface area contributed by atoms with Crippen LogP contribution in [0.25, 0.3) is 0 Å². The second-order valence-corrected chi connectivity index (χ2v) is 6.45. The largest absolute Gasteiger partial charge is 0.348 e. The molecule has 2 aliphatic carbocycles. The molecule has 0 saturated heterocycles. The minimum Gasteiger partial charge on any atom is -0.348 e. The summed E-state index contributed by atoms with van der Waals surface area (Å²) in [6.07, 6.45) is 13.9. The molecule has 3 heteroatoms. The Labute approximate surface area is 117 Å². The smallest absolute Gasteiger partial charge is 0.278 e. The molecule has 2 saturated carbocycles. The van der Waals surface area contributed by atoms with Crippen LogP contribution in [0.5, 0.6) is 0 Å². The van der Waals surface area contributed by atoms with Gasteiger partial charge in [-0.15, -0.1) is 0 Å². The first-order chi connectivity index (χ1) is 9.29. The molecule has 2 rings (SSSR count). The SMILES string of the molecule is CC[C@@H]([NH2+]C1CCCCC1)C(=O)NC1CCCCC1. The Hall–Kier alpha value is -0.570. The fourth-order valence-electron chi connectivity index (χ4n) is 3.62. The quantitative estimate of drug-likeness (QED) is 0.787. The maximum absolute atomic E-state index is 12.4. The molecular weight excluding hydrogens is 236 g/mol. The third-order valence-corrected chi connectivity index (χ3v) is 4.88. The average Bonchev–Trinajstić information content (AvgIpc) is 2.47. The van der Waals surface area contributed by atoms with Crippen LogP contribution in [-0.4, -0.2) is 24.0 Å². The van der Waals surface area contributed by atoms with Gasteiger partial charge in [0.15, 0.2) is 6.04 Å². The predicted molar refractivity (Wildman–Crippen MR) is 77.9 cm³/mol. The van der Waals surface area contributed by atoms with Crippen molar-refractivity contribution < 1.29 is 10.1 Å². The van der Waals surface area contributed by atoms with Gasteiger partial charge in [-0.25, -0.2) is 0 Å². The van der Waals surface area contributed by atoms with Crippen LogP contribution in [0, 0.1) is 0 Å². The van der Waals surface area contributed by atoms with Gasteiger partial charge in [0.2, 0.25) is 0 Å². The van der Waals surface area contributed by atoms with E-state index in [2.05, 4.69) is 17.6 Å². The fraction of sp³-hybridized carbons (Fsp3) is 0.938. The Morgan fingerprint density at radius 1 is 1.05 bits per heavy atom. The molecule has 0 aromatic heterocycles. The molecule has 110 valence electrons. The van der Waals surface area contributed by atoms with Crippen LogP contribution in [0.2, 0.25) is 0 Å². The van der Waals surface area contributed by atoms with Gasteiger partial charge in [-0.05, 0) is 38.5 Å². The summed E-state index contributed by atoms with van der Waals surface area (Å²) in [5.41, 5.74) is 0. The monoisotopic (exact) mass is 267 g/mol. The van der Waals surface area contributed by atoms with E-state index in [-0.39, 0.29) is 6.04 Å². The lowest BCUT2D eigenvalue weighted by molar-refractivity contribution is -0.712. The van der Waals surface area contributed by atoms with Crippen molar-refractivity contribution in [2.75, 3.05) is 0 Å². The second-order valence-electron chi connectivity index (χ2n) is 6.45. The van der Waals surface area contributed by atoms with E-state index in [0.29, 0.717) is 18.0 Å². The van der Waals surface area contributed by atoms with Gasteiger partial charge in [0, 0.05) is 12.5 Å². The number of hydrogen-bond donors (Lipinski definition) is 2. The Balaban J connectivity index is 1.76. The number of hydrogen-bond acceptors (Lipinski definition) is 1. The fourth-order valence-corrected chi connectivity index (χ4v) is 3.62. The molecule has 0 aromatic carbocycles. The molecular formula is C16H31N2O+. The van der Waals surface area contributed by atoms with Crippen molar-refractivity contribution >= 4 is 5.91 Å². The third-order valence-electron chi connectivity index (χ3n) is 4.88. The van der Waals surface area contributed by atoms with E-state index >= 15 is 0 Å². The molecule has 0 aliphatic heterocycles. The molecule has 1 atom stereocenters. The molecule has 0 bridgehead atoms. The van der Waals surface area contributed by atoms with Gasteiger partial charge in [-0.1, -0.05) is 32.6 Å². The van der Waals surface area contributed by atoms with E-state index < -0.39 is 0 Å². The van der Waals surface area contributed by atoms with Gasteiger partial charge in [0.25, 0.3) is 5.91 Å². The number of amides is 1. The van der Waals surface area contributed by atoms with Crippen LogP contribution < -0.4 is 10.6 Å². The lowest BCUT2D eigenvalue weighted by Gasteiger charge is -2.27. The van der Waals surface area contributed by atoms with Crippen LogP contribution in [0.3, 0.4) is 0 Å². The van der Waals surface area contributed by atoms with Crippen molar-refractivity contribution in [3.8, 4) is 0 Å². The highest BCUT2D eigenvalue weighted by molar-refractivity contribution is 5.80. The van der Waals surface area contributed by atoms with E-state index in [9.17, 15) is 4.79 Å². The Morgan fingerprint density at radius 3 is 2.21 bits per heavy atom. The zero-order chi connectivity index (χ0) is 13.5. The number of carbonyl (C=O) groups is 1. The second kappa shape index (κ2) is 7.88. The number of quaternary nitrogens is 1. The van der Waals surface area contributed by atoms with Crippen LogP contribution >= 0.6 is 0 Å². The van der Waals surface area contributed by atoms with Gasteiger partial charge in [0.1, 0.15) is 0 Å². The summed E-state index contributed by atoms with van der Waals surface area (Å²) in [5.74, 6) is 0.292. The molecule has 3 N–H and O–H groups in total. The zero-order valence-corrected chi connectivity index (χ0v) is 12.5. The molecule has 0 radical (unpaired) electrons. The third kappa shape index (κ3) is 4.79. The molecule has 3 nitrogen and oxygen atoms in total. The van der Waals surface area contributed by atoms with Crippen molar-refractivity contribution in [3.63, 3.8) is 0 Å². The average molecular weight is 267 g/mol. The van der Waals surface area contributed by atoms with Crippen LogP contribution in [-0.2, 0) is 4.79 Å². The van der Waals surface area contributed by atoms with Crippen molar-refractivity contribution in [1.82, 2.24) is 5.32 Å².